The van der Waals surface area contributed by atoms with Crippen LogP contribution in [-0.2, 0) is 7.05 Å². The highest BCUT2D eigenvalue weighted by molar-refractivity contribution is 6.31. The number of imidazole rings is 1. The van der Waals surface area contributed by atoms with Gasteiger partial charge in [-0.2, -0.15) is 15.0 Å². The zero-order chi connectivity index (χ0) is 10.1. The number of nitrogens with zero attached hydrogens (tertiary/aromatic N) is 5. The van der Waals surface area contributed by atoms with Crippen molar-refractivity contribution >= 4 is 23.2 Å². The minimum atomic E-state index is 0.0583. The van der Waals surface area contributed by atoms with E-state index < -0.39 is 0 Å². The van der Waals surface area contributed by atoms with Crippen LogP contribution in [0.3, 0.4) is 0 Å². The Balaban J connectivity index is 2.57. The van der Waals surface area contributed by atoms with Crippen LogP contribution in [0.5, 0.6) is 0 Å². The Bertz CT molecular complexity index is 447. The molecule has 0 unspecified atom stereocenters. The summed E-state index contributed by atoms with van der Waals surface area (Å²) < 4.78 is 1.77. The van der Waals surface area contributed by atoms with E-state index in [1.54, 1.807) is 17.0 Å². The SMILES string of the molecule is Cn1ccnc1-c1nc(Cl)nc(Cl)n1. The molecule has 0 aliphatic carbocycles. The summed E-state index contributed by atoms with van der Waals surface area (Å²) in [6, 6.07) is 0. The number of halogens is 2. The Hall–Kier alpha value is -1.20. The lowest BCUT2D eigenvalue weighted by atomic mass is 10.5. The third kappa shape index (κ3) is 1.69. The van der Waals surface area contributed by atoms with Gasteiger partial charge < -0.3 is 4.57 Å². The van der Waals surface area contributed by atoms with Gasteiger partial charge in [-0.15, -0.1) is 0 Å². The third-order valence-corrected chi connectivity index (χ3v) is 1.94. The quantitative estimate of drug-likeness (QED) is 0.746. The van der Waals surface area contributed by atoms with E-state index in [1.807, 2.05) is 7.05 Å². The first kappa shape index (κ1) is 9.36. The molecule has 0 spiro atoms. The molecular formula is C7H5Cl2N5. The van der Waals surface area contributed by atoms with E-state index in [0.29, 0.717) is 11.6 Å². The Kier molecular flexibility index (Phi) is 2.35. The van der Waals surface area contributed by atoms with Crippen molar-refractivity contribution in [3.8, 4) is 11.6 Å². The molecule has 0 fully saturated rings. The highest BCUT2D eigenvalue weighted by atomic mass is 35.5. The van der Waals surface area contributed by atoms with E-state index in [2.05, 4.69) is 19.9 Å². The Morgan fingerprint density at radius 2 is 1.79 bits per heavy atom. The van der Waals surface area contributed by atoms with Gasteiger partial charge in [0.15, 0.2) is 5.82 Å². The van der Waals surface area contributed by atoms with Gasteiger partial charge in [-0.1, -0.05) is 0 Å². The first-order valence-corrected chi connectivity index (χ1v) is 4.47. The van der Waals surface area contributed by atoms with Crippen molar-refractivity contribution in [3.05, 3.63) is 23.0 Å². The average Bonchev–Trinajstić information content (AvgIpc) is 2.49. The molecule has 0 saturated heterocycles. The Morgan fingerprint density at radius 3 is 2.29 bits per heavy atom. The monoisotopic (exact) mass is 229 g/mol. The molecule has 0 bridgehead atoms. The van der Waals surface area contributed by atoms with Crippen LogP contribution in [0.1, 0.15) is 0 Å². The summed E-state index contributed by atoms with van der Waals surface area (Å²) in [5.74, 6) is 0.957. The zero-order valence-electron chi connectivity index (χ0n) is 7.15. The summed E-state index contributed by atoms with van der Waals surface area (Å²) >= 11 is 11.3. The first-order valence-electron chi connectivity index (χ1n) is 3.71. The molecule has 14 heavy (non-hydrogen) atoms. The molecule has 72 valence electrons. The summed E-state index contributed by atoms with van der Waals surface area (Å²) in [5.41, 5.74) is 0. The molecule has 5 nitrogen and oxygen atoms in total. The van der Waals surface area contributed by atoms with Gasteiger partial charge in [0.1, 0.15) is 0 Å². The molecule has 0 aromatic carbocycles. The highest BCUT2D eigenvalue weighted by Gasteiger charge is 2.09. The minimum Gasteiger partial charge on any atom is -0.331 e. The van der Waals surface area contributed by atoms with Crippen LogP contribution in [0.4, 0.5) is 0 Å². The van der Waals surface area contributed by atoms with Gasteiger partial charge in [-0.25, -0.2) is 4.98 Å². The summed E-state index contributed by atoms with van der Waals surface area (Å²) in [5, 5.41) is 0.117. The van der Waals surface area contributed by atoms with Crippen molar-refractivity contribution in [2.24, 2.45) is 7.05 Å². The predicted molar refractivity (Wildman–Crippen MR) is 52.0 cm³/mol. The van der Waals surface area contributed by atoms with Crippen molar-refractivity contribution in [3.63, 3.8) is 0 Å². The molecule has 2 aromatic rings. The van der Waals surface area contributed by atoms with E-state index in [1.165, 1.54) is 0 Å². The largest absolute Gasteiger partial charge is 0.331 e. The molecule has 0 aliphatic rings. The molecule has 0 amide bonds. The lowest BCUT2D eigenvalue weighted by Crippen LogP contribution is -1.99. The molecule has 0 N–H and O–H groups in total. The fraction of sp³-hybridized carbons (Fsp3) is 0.143. The van der Waals surface area contributed by atoms with Crippen LogP contribution >= 0.6 is 23.2 Å². The summed E-state index contributed by atoms with van der Waals surface area (Å²) in [6.45, 7) is 0. The van der Waals surface area contributed by atoms with Gasteiger partial charge in [-0.3, -0.25) is 0 Å². The van der Waals surface area contributed by atoms with E-state index in [0.717, 1.165) is 0 Å². The molecular weight excluding hydrogens is 225 g/mol. The maximum atomic E-state index is 5.64. The normalized spacial score (nSPS) is 10.5. The fourth-order valence-electron chi connectivity index (χ4n) is 1.01. The number of rotatable bonds is 1. The second-order valence-corrected chi connectivity index (χ2v) is 3.23. The van der Waals surface area contributed by atoms with E-state index in [9.17, 15) is 0 Å². The van der Waals surface area contributed by atoms with Crippen LogP contribution in [0.2, 0.25) is 10.6 Å². The molecule has 0 saturated carbocycles. The van der Waals surface area contributed by atoms with Gasteiger partial charge >= 0.3 is 0 Å². The smallest absolute Gasteiger partial charge is 0.227 e. The van der Waals surface area contributed by atoms with Crippen molar-refractivity contribution < 1.29 is 0 Å². The predicted octanol–water partition coefficient (Wildman–Crippen LogP) is 1.58. The topological polar surface area (TPSA) is 56.5 Å². The molecule has 0 aliphatic heterocycles. The summed E-state index contributed by atoms with van der Waals surface area (Å²) in [7, 11) is 1.83. The lowest BCUT2D eigenvalue weighted by molar-refractivity contribution is 0.898. The zero-order valence-corrected chi connectivity index (χ0v) is 8.66. The second kappa shape index (κ2) is 3.51. The first-order chi connectivity index (χ1) is 6.66. The fourth-order valence-corrected chi connectivity index (χ4v) is 1.37. The van der Waals surface area contributed by atoms with Crippen molar-refractivity contribution in [2.75, 3.05) is 0 Å². The number of aromatic nitrogens is 5. The second-order valence-electron chi connectivity index (χ2n) is 2.56. The van der Waals surface area contributed by atoms with Crippen molar-refractivity contribution in [1.82, 2.24) is 24.5 Å². The van der Waals surface area contributed by atoms with Crippen LogP contribution in [-0.4, -0.2) is 24.5 Å². The van der Waals surface area contributed by atoms with Gasteiger partial charge in [0.2, 0.25) is 16.4 Å². The van der Waals surface area contributed by atoms with Gasteiger partial charge in [-0.05, 0) is 23.2 Å². The third-order valence-electron chi connectivity index (χ3n) is 1.60. The van der Waals surface area contributed by atoms with E-state index in [4.69, 9.17) is 23.2 Å². The molecule has 0 radical (unpaired) electrons. The molecule has 2 aromatic heterocycles. The van der Waals surface area contributed by atoms with Gasteiger partial charge in [0, 0.05) is 19.4 Å². The maximum absolute atomic E-state index is 5.64. The molecule has 0 atom stereocenters. The lowest BCUT2D eigenvalue weighted by Gasteiger charge is -1.99. The minimum absolute atomic E-state index is 0.0583. The van der Waals surface area contributed by atoms with Gasteiger partial charge in [0.25, 0.3) is 0 Å². The maximum Gasteiger partial charge on any atom is 0.227 e. The highest BCUT2D eigenvalue weighted by Crippen LogP contribution is 2.15. The molecule has 2 heterocycles. The van der Waals surface area contributed by atoms with Gasteiger partial charge in [0.05, 0.1) is 0 Å². The molecule has 7 heteroatoms. The summed E-state index contributed by atoms with van der Waals surface area (Å²) in [6.07, 6.45) is 3.42. The van der Waals surface area contributed by atoms with Crippen molar-refractivity contribution in [1.29, 1.82) is 0 Å². The van der Waals surface area contributed by atoms with Crippen molar-refractivity contribution in [2.45, 2.75) is 0 Å². The number of hydrogen-bond acceptors (Lipinski definition) is 4. The average molecular weight is 230 g/mol. The summed E-state index contributed by atoms with van der Waals surface area (Å²) in [4.78, 5) is 15.5. The number of hydrogen-bond donors (Lipinski definition) is 0. The van der Waals surface area contributed by atoms with E-state index >= 15 is 0 Å². The van der Waals surface area contributed by atoms with Crippen LogP contribution in [0.15, 0.2) is 12.4 Å². The Labute approximate surface area is 89.8 Å². The molecule has 2 rings (SSSR count). The van der Waals surface area contributed by atoms with Crippen LogP contribution < -0.4 is 0 Å². The van der Waals surface area contributed by atoms with Crippen LogP contribution in [0, 0.1) is 0 Å². The Morgan fingerprint density at radius 1 is 1.14 bits per heavy atom. The van der Waals surface area contributed by atoms with E-state index in [-0.39, 0.29) is 10.6 Å². The standard InChI is InChI=1S/C7H5Cl2N5/c1-14-3-2-10-5(14)4-11-6(8)13-7(9)12-4/h2-3H,1H3. The van der Waals surface area contributed by atoms with Crippen LogP contribution in [0.25, 0.3) is 11.6 Å². The number of aryl methyl sites for hydroxylation is 1.